The standard InChI is InChI=1S/C22H26N4O/c1-16(26-11-2-3-12-26)17-4-6-18(7-5-17)19-8-9-21-20(14-19)22(23-10-13-27)25-15-24-21/h4-9,14-16,27H,2-3,10-13H2,1H3,(H,23,24,25). The molecule has 0 amide bonds. The summed E-state index contributed by atoms with van der Waals surface area (Å²) in [6.07, 6.45) is 4.18. The van der Waals surface area contributed by atoms with Crippen LogP contribution in [0.4, 0.5) is 5.82 Å². The predicted octanol–water partition coefficient (Wildman–Crippen LogP) is 3.86. The zero-order valence-electron chi connectivity index (χ0n) is 15.7. The first kappa shape index (κ1) is 17.9. The molecule has 4 rings (SSSR count). The van der Waals surface area contributed by atoms with E-state index < -0.39 is 0 Å². The summed E-state index contributed by atoms with van der Waals surface area (Å²) >= 11 is 0. The van der Waals surface area contributed by atoms with Crippen molar-refractivity contribution in [2.24, 2.45) is 0 Å². The highest BCUT2D eigenvalue weighted by atomic mass is 16.3. The zero-order chi connectivity index (χ0) is 18.6. The van der Waals surface area contributed by atoms with E-state index in [1.165, 1.54) is 37.1 Å². The molecule has 0 radical (unpaired) electrons. The maximum Gasteiger partial charge on any atom is 0.137 e. The Morgan fingerprint density at radius 2 is 1.78 bits per heavy atom. The molecule has 0 saturated carbocycles. The molecule has 0 aliphatic carbocycles. The highest BCUT2D eigenvalue weighted by Crippen LogP contribution is 2.29. The summed E-state index contributed by atoms with van der Waals surface area (Å²) < 4.78 is 0. The number of aliphatic hydroxyl groups excluding tert-OH is 1. The Kier molecular flexibility index (Phi) is 5.32. The molecule has 1 aliphatic rings. The van der Waals surface area contributed by atoms with E-state index in [2.05, 4.69) is 63.5 Å². The molecule has 1 aliphatic heterocycles. The smallest absolute Gasteiger partial charge is 0.137 e. The number of hydrogen-bond donors (Lipinski definition) is 2. The number of anilines is 1. The van der Waals surface area contributed by atoms with E-state index in [1.54, 1.807) is 6.33 Å². The largest absolute Gasteiger partial charge is 0.395 e. The van der Waals surface area contributed by atoms with Crippen LogP contribution in [0.3, 0.4) is 0 Å². The number of nitrogens with one attached hydrogen (secondary N) is 1. The molecule has 2 aromatic carbocycles. The number of likely N-dealkylation sites (tertiary alicyclic amines) is 1. The van der Waals surface area contributed by atoms with Gasteiger partial charge in [0.05, 0.1) is 12.1 Å². The van der Waals surface area contributed by atoms with Crippen LogP contribution >= 0.6 is 0 Å². The second-order valence-corrected chi connectivity index (χ2v) is 7.15. The van der Waals surface area contributed by atoms with E-state index in [4.69, 9.17) is 5.11 Å². The van der Waals surface area contributed by atoms with Gasteiger partial charge in [-0.15, -0.1) is 0 Å². The Morgan fingerprint density at radius 1 is 1.04 bits per heavy atom. The summed E-state index contributed by atoms with van der Waals surface area (Å²) in [5, 5.41) is 13.2. The monoisotopic (exact) mass is 362 g/mol. The van der Waals surface area contributed by atoms with Crippen molar-refractivity contribution < 1.29 is 5.11 Å². The van der Waals surface area contributed by atoms with Gasteiger partial charge in [-0.05, 0) is 61.7 Å². The molecule has 1 aromatic heterocycles. The number of hydrogen-bond acceptors (Lipinski definition) is 5. The van der Waals surface area contributed by atoms with Crippen molar-refractivity contribution in [3.8, 4) is 11.1 Å². The zero-order valence-corrected chi connectivity index (χ0v) is 15.7. The molecule has 1 saturated heterocycles. The van der Waals surface area contributed by atoms with E-state index in [9.17, 15) is 0 Å². The van der Waals surface area contributed by atoms with Crippen LogP contribution in [0.5, 0.6) is 0 Å². The Hall–Kier alpha value is -2.50. The van der Waals surface area contributed by atoms with Crippen LogP contribution in [0.1, 0.15) is 31.4 Å². The summed E-state index contributed by atoms with van der Waals surface area (Å²) in [5.41, 5.74) is 4.60. The van der Waals surface area contributed by atoms with Crippen LogP contribution < -0.4 is 5.32 Å². The third kappa shape index (κ3) is 3.80. The number of benzene rings is 2. The van der Waals surface area contributed by atoms with Gasteiger partial charge in [0.1, 0.15) is 12.1 Å². The van der Waals surface area contributed by atoms with Crippen molar-refractivity contribution in [2.45, 2.75) is 25.8 Å². The fourth-order valence-electron chi connectivity index (χ4n) is 3.85. The van der Waals surface area contributed by atoms with Crippen LogP contribution in [0.25, 0.3) is 22.0 Å². The van der Waals surface area contributed by atoms with Gasteiger partial charge in [0.15, 0.2) is 0 Å². The molecular weight excluding hydrogens is 336 g/mol. The van der Waals surface area contributed by atoms with Crippen molar-refractivity contribution in [1.29, 1.82) is 0 Å². The van der Waals surface area contributed by atoms with Crippen molar-refractivity contribution in [3.05, 3.63) is 54.4 Å². The highest BCUT2D eigenvalue weighted by molar-refractivity contribution is 5.92. The number of aliphatic hydroxyl groups is 1. The van der Waals surface area contributed by atoms with Crippen molar-refractivity contribution in [2.75, 3.05) is 31.6 Å². The molecule has 3 aromatic rings. The van der Waals surface area contributed by atoms with Crippen LogP contribution in [-0.2, 0) is 0 Å². The van der Waals surface area contributed by atoms with Gasteiger partial charge >= 0.3 is 0 Å². The molecular formula is C22H26N4O. The minimum atomic E-state index is 0.0713. The van der Waals surface area contributed by atoms with E-state index >= 15 is 0 Å². The molecule has 2 N–H and O–H groups in total. The van der Waals surface area contributed by atoms with Crippen LogP contribution in [0.15, 0.2) is 48.8 Å². The molecule has 0 bridgehead atoms. The van der Waals surface area contributed by atoms with Gasteiger partial charge in [-0.3, -0.25) is 4.90 Å². The number of nitrogens with zero attached hydrogens (tertiary/aromatic N) is 3. The van der Waals surface area contributed by atoms with Crippen LogP contribution in [0, 0.1) is 0 Å². The third-order valence-electron chi connectivity index (χ3n) is 5.45. The maximum atomic E-state index is 9.07. The van der Waals surface area contributed by atoms with Gasteiger partial charge in [-0.2, -0.15) is 0 Å². The second kappa shape index (κ2) is 8.03. The highest BCUT2D eigenvalue weighted by Gasteiger charge is 2.19. The van der Waals surface area contributed by atoms with Crippen LogP contribution in [0.2, 0.25) is 0 Å². The van der Waals surface area contributed by atoms with Gasteiger partial charge in [0.2, 0.25) is 0 Å². The molecule has 1 fully saturated rings. The van der Waals surface area contributed by atoms with E-state index in [1.807, 2.05) is 6.07 Å². The molecule has 140 valence electrons. The van der Waals surface area contributed by atoms with Gasteiger partial charge in [-0.1, -0.05) is 30.3 Å². The number of rotatable bonds is 6. The van der Waals surface area contributed by atoms with Crippen molar-refractivity contribution >= 4 is 16.7 Å². The lowest BCUT2D eigenvalue weighted by Gasteiger charge is -2.24. The van der Waals surface area contributed by atoms with Crippen molar-refractivity contribution in [3.63, 3.8) is 0 Å². The summed E-state index contributed by atoms with van der Waals surface area (Å²) in [5.74, 6) is 0.759. The first-order valence-electron chi connectivity index (χ1n) is 9.70. The predicted molar refractivity (Wildman–Crippen MR) is 110 cm³/mol. The van der Waals surface area contributed by atoms with Gasteiger partial charge < -0.3 is 10.4 Å². The first-order chi connectivity index (χ1) is 13.3. The lowest BCUT2D eigenvalue weighted by molar-refractivity contribution is 0.263. The fourth-order valence-corrected chi connectivity index (χ4v) is 3.85. The molecule has 5 heteroatoms. The van der Waals surface area contributed by atoms with Gasteiger partial charge in [-0.25, -0.2) is 9.97 Å². The lowest BCUT2D eigenvalue weighted by Crippen LogP contribution is -2.23. The van der Waals surface area contributed by atoms with Gasteiger partial charge in [0.25, 0.3) is 0 Å². The van der Waals surface area contributed by atoms with Crippen LogP contribution in [-0.4, -0.2) is 46.2 Å². The molecule has 27 heavy (non-hydrogen) atoms. The lowest BCUT2D eigenvalue weighted by atomic mass is 9.99. The summed E-state index contributed by atoms with van der Waals surface area (Å²) in [6.45, 7) is 5.25. The topological polar surface area (TPSA) is 61.3 Å². The summed E-state index contributed by atoms with van der Waals surface area (Å²) in [4.78, 5) is 11.2. The van der Waals surface area contributed by atoms with E-state index in [-0.39, 0.29) is 6.61 Å². The Morgan fingerprint density at radius 3 is 2.52 bits per heavy atom. The first-order valence-corrected chi connectivity index (χ1v) is 9.70. The third-order valence-corrected chi connectivity index (χ3v) is 5.45. The molecule has 0 spiro atoms. The normalized spacial score (nSPS) is 15.9. The molecule has 5 nitrogen and oxygen atoms in total. The Labute approximate surface area is 160 Å². The molecule has 1 atom stereocenters. The van der Waals surface area contributed by atoms with Crippen molar-refractivity contribution in [1.82, 2.24) is 14.9 Å². The molecule has 1 unspecified atom stereocenters. The summed E-state index contributed by atoms with van der Waals surface area (Å²) in [7, 11) is 0. The van der Waals surface area contributed by atoms with E-state index in [0.717, 1.165) is 22.3 Å². The average Bonchev–Trinajstić information content (AvgIpc) is 3.26. The number of fused-ring (bicyclic) bond motifs is 1. The Bertz CT molecular complexity index is 904. The SMILES string of the molecule is CC(c1ccc(-c2ccc3ncnc(NCCO)c3c2)cc1)N1CCCC1. The minimum absolute atomic E-state index is 0.0713. The van der Waals surface area contributed by atoms with Gasteiger partial charge in [0, 0.05) is 18.0 Å². The van der Waals surface area contributed by atoms with E-state index in [0.29, 0.717) is 12.6 Å². The maximum absolute atomic E-state index is 9.07. The quantitative estimate of drug-likeness (QED) is 0.697. The average molecular weight is 362 g/mol. The summed E-state index contributed by atoms with van der Waals surface area (Å²) in [6, 6.07) is 15.6. The second-order valence-electron chi connectivity index (χ2n) is 7.15. The minimum Gasteiger partial charge on any atom is -0.395 e. The Balaban J connectivity index is 1.61. The molecule has 2 heterocycles. The fraction of sp³-hybridized carbons (Fsp3) is 0.364. The number of aromatic nitrogens is 2.